The molecule has 0 aromatic carbocycles. The summed E-state index contributed by atoms with van der Waals surface area (Å²) in [6, 6.07) is 0. The summed E-state index contributed by atoms with van der Waals surface area (Å²) in [5, 5.41) is 0. The fourth-order valence-corrected chi connectivity index (χ4v) is 1.82. The van der Waals surface area contributed by atoms with Crippen LogP contribution in [0.25, 0.3) is 0 Å². The van der Waals surface area contributed by atoms with Crippen LogP contribution in [0.5, 0.6) is 0 Å². The number of piperidine rings is 1. The normalized spacial score (nSPS) is 18.1. The molecule has 18 heavy (non-hydrogen) atoms. The highest BCUT2D eigenvalue weighted by atomic mass is 19.4. The Kier molecular flexibility index (Phi) is 5.87. The lowest BCUT2D eigenvalue weighted by Crippen LogP contribution is -2.46. The van der Waals surface area contributed by atoms with Gasteiger partial charge in [0, 0.05) is 19.7 Å². The topological polar surface area (TPSA) is 38.8 Å². The van der Waals surface area contributed by atoms with E-state index in [1.54, 1.807) is 0 Å². The number of nitrogens with zero attached hydrogens (tertiary/aromatic N) is 1. The van der Waals surface area contributed by atoms with Crippen LogP contribution in [0.4, 0.5) is 13.2 Å². The van der Waals surface area contributed by atoms with Crippen molar-refractivity contribution >= 4 is 5.91 Å². The summed E-state index contributed by atoms with van der Waals surface area (Å²) in [5.74, 6) is -1.75. The quantitative estimate of drug-likeness (QED) is 0.711. The summed E-state index contributed by atoms with van der Waals surface area (Å²) in [6.45, 7) is 3.60. The van der Waals surface area contributed by atoms with Crippen molar-refractivity contribution in [2.45, 2.75) is 32.0 Å². The maximum atomic E-state index is 12.2. The molecule has 0 saturated carbocycles. The van der Waals surface area contributed by atoms with Crippen LogP contribution in [0.1, 0.15) is 19.8 Å². The maximum absolute atomic E-state index is 12.2. The van der Waals surface area contributed by atoms with Crippen LogP contribution in [0.15, 0.2) is 0 Å². The minimum absolute atomic E-state index is 0.0808. The first-order chi connectivity index (χ1) is 8.45. The summed E-state index contributed by atoms with van der Waals surface area (Å²) < 4.78 is 47.1. The van der Waals surface area contributed by atoms with Crippen molar-refractivity contribution in [3.63, 3.8) is 0 Å². The van der Waals surface area contributed by atoms with E-state index in [9.17, 15) is 18.0 Å². The molecule has 1 heterocycles. The minimum Gasteiger partial charge on any atom is -0.379 e. The molecule has 0 N–H and O–H groups in total. The van der Waals surface area contributed by atoms with Crippen LogP contribution >= 0.6 is 0 Å². The SMILES string of the molecule is CCOCCOC1CCN(C(=O)C(F)(F)F)CC1. The van der Waals surface area contributed by atoms with Crippen LogP contribution in [-0.4, -0.2) is 56.0 Å². The molecule has 0 aliphatic carbocycles. The molecule has 1 aliphatic heterocycles. The molecule has 0 bridgehead atoms. The second-order valence-corrected chi connectivity index (χ2v) is 4.06. The summed E-state index contributed by atoms with van der Waals surface area (Å²) in [6.07, 6.45) is -3.98. The number of alkyl halides is 3. The van der Waals surface area contributed by atoms with Crippen LogP contribution in [0, 0.1) is 0 Å². The van der Waals surface area contributed by atoms with Gasteiger partial charge in [-0.05, 0) is 19.8 Å². The Labute approximate surface area is 104 Å². The van der Waals surface area contributed by atoms with Crippen LogP contribution in [-0.2, 0) is 14.3 Å². The third-order valence-electron chi connectivity index (χ3n) is 2.76. The molecule has 0 atom stereocenters. The van der Waals surface area contributed by atoms with E-state index >= 15 is 0 Å². The van der Waals surface area contributed by atoms with E-state index in [1.165, 1.54) is 0 Å². The summed E-state index contributed by atoms with van der Waals surface area (Å²) in [7, 11) is 0. The molecule has 0 aromatic rings. The summed E-state index contributed by atoms with van der Waals surface area (Å²) in [5.41, 5.74) is 0. The van der Waals surface area contributed by atoms with Crippen LogP contribution in [0.3, 0.4) is 0 Å². The van der Waals surface area contributed by atoms with Crippen molar-refractivity contribution in [1.82, 2.24) is 4.90 Å². The van der Waals surface area contributed by atoms with Crippen molar-refractivity contribution in [2.24, 2.45) is 0 Å². The highest BCUT2D eigenvalue weighted by molar-refractivity contribution is 5.81. The van der Waals surface area contributed by atoms with Gasteiger partial charge in [-0.15, -0.1) is 0 Å². The first-order valence-corrected chi connectivity index (χ1v) is 6.00. The molecular formula is C11H18F3NO3. The Morgan fingerprint density at radius 1 is 1.28 bits per heavy atom. The van der Waals surface area contributed by atoms with E-state index in [1.807, 2.05) is 6.92 Å². The lowest BCUT2D eigenvalue weighted by atomic mass is 10.1. The summed E-state index contributed by atoms with van der Waals surface area (Å²) in [4.78, 5) is 11.8. The van der Waals surface area contributed by atoms with Gasteiger partial charge in [0.2, 0.25) is 0 Å². The van der Waals surface area contributed by atoms with E-state index in [-0.39, 0.29) is 19.2 Å². The van der Waals surface area contributed by atoms with Gasteiger partial charge in [0.25, 0.3) is 0 Å². The number of rotatable bonds is 5. The van der Waals surface area contributed by atoms with E-state index in [0.717, 1.165) is 4.90 Å². The van der Waals surface area contributed by atoms with E-state index in [2.05, 4.69) is 0 Å². The predicted molar refractivity (Wildman–Crippen MR) is 58.1 cm³/mol. The number of ether oxygens (including phenoxy) is 2. The Morgan fingerprint density at radius 2 is 1.89 bits per heavy atom. The van der Waals surface area contributed by atoms with Crippen LogP contribution < -0.4 is 0 Å². The predicted octanol–water partition coefficient (Wildman–Crippen LogP) is 1.59. The van der Waals surface area contributed by atoms with Gasteiger partial charge in [-0.25, -0.2) is 0 Å². The first kappa shape index (κ1) is 15.2. The molecule has 1 aliphatic rings. The molecule has 1 rings (SSSR count). The van der Waals surface area contributed by atoms with Gasteiger partial charge in [-0.1, -0.05) is 0 Å². The first-order valence-electron chi connectivity index (χ1n) is 6.00. The van der Waals surface area contributed by atoms with Crippen molar-refractivity contribution in [3.8, 4) is 0 Å². The fourth-order valence-electron chi connectivity index (χ4n) is 1.82. The number of hydrogen-bond acceptors (Lipinski definition) is 3. The molecule has 0 radical (unpaired) electrons. The smallest absolute Gasteiger partial charge is 0.379 e. The van der Waals surface area contributed by atoms with E-state index in [4.69, 9.17) is 9.47 Å². The lowest BCUT2D eigenvalue weighted by Gasteiger charge is -2.32. The Balaban J connectivity index is 2.22. The average Bonchev–Trinajstić information content (AvgIpc) is 2.33. The third kappa shape index (κ3) is 4.81. The van der Waals surface area contributed by atoms with Gasteiger partial charge in [0.15, 0.2) is 0 Å². The zero-order valence-corrected chi connectivity index (χ0v) is 10.3. The van der Waals surface area contributed by atoms with Gasteiger partial charge in [0.05, 0.1) is 19.3 Å². The number of amides is 1. The number of likely N-dealkylation sites (tertiary alicyclic amines) is 1. The highest BCUT2D eigenvalue weighted by Crippen LogP contribution is 2.22. The third-order valence-corrected chi connectivity index (χ3v) is 2.76. The van der Waals surface area contributed by atoms with Crippen molar-refractivity contribution in [1.29, 1.82) is 0 Å². The van der Waals surface area contributed by atoms with Crippen molar-refractivity contribution in [2.75, 3.05) is 32.9 Å². The van der Waals surface area contributed by atoms with Crippen LogP contribution in [0.2, 0.25) is 0 Å². The molecule has 0 spiro atoms. The monoisotopic (exact) mass is 269 g/mol. The highest BCUT2D eigenvalue weighted by Gasteiger charge is 2.43. The Bertz CT molecular complexity index is 263. The Hall–Kier alpha value is -0.820. The molecule has 7 heteroatoms. The zero-order chi connectivity index (χ0) is 13.6. The number of carbonyl (C=O) groups excluding carboxylic acids is 1. The van der Waals surface area contributed by atoms with Crippen molar-refractivity contribution in [3.05, 3.63) is 0 Å². The Morgan fingerprint density at radius 3 is 2.39 bits per heavy atom. The molecule has 106 valence electrons. The number of carbonyl (C=O) groups is 1. The molecule has 0 unspecified atom stereocenters. The van der Waals surface area contributed by atoms with Gasteiger partial charge >= 0.3 is 12.1 Å². The minimum atomic E-state index is -4.78. The number of hydrogen-bond donors (Lipinski definition) is 0. The van der Waals surface area contributed by atoms with Gasteiger partial charge in [-0.3, -0.25) is 4.79 Å². The van der Waals surface area contributed by atoms with Gasteiger partial charge < -0.3 is 14.4 Å². The zero-order valence-electron chi connectivity index (χ0n) is 10.3. The molecular weight excluding hydrogens is 251 g/mol. The molecule has 4 nitrogen and oxygen atoms in total. The molecule has 1 saturated heterocycles. The molecule has 1 fully saturated rings. The van der Waals surface area contributed by atoms with Gasteiger partial charge in [-0.2, -0.15) is 13.2 Å². The van der Waals surface area contributed by atoms with E-state index < -0.39 is 12.1 Å². The molecule has 1 amide bonds. The number of halogens is 3. The second-order valence-electron chi connectivity index (χ2n) is 4.06. The van der Waals surface area contributed by atoms with Crippen molar-refractivity contribution < 1.29 is 27.4 Å². The second kappa shape index (κ2) is 6.94. The van der Waals surface area contributed by atoms with Gasteiger partial charge in [0.1, 0.15) is 0 Å². The lowest BCUT2D eigenvalue weighted by molar-refractivity contribution is -0.187. The maximum Gasteiger partial charge on any atom is 0.471 e. The largest absolute Gasteiger partial charge is 0.471 e. The van der Waals surface area contributed by atoms with E-state index in [0.29, 0.717) is 32.7 Å². The standard InChI is InChI=1S/C11H18F3NO3/c1-2-17-7-8-18-9-3-5-15(6-4-9)10(16)11(12,13)14/h9H,2-8H2,1H3. The summed E-state index contributed by atoms with van der Waals surface area (Å²) >= 11 is 0. The average molecular weight is 269 g/mol. The molecule has 0 aromatic heterocycles. The fraction of sp³-hybridized carbons (Fsp3) is 0.909.